The summed E-state index contributed by atoms with van der Waals surface area (Å²) < 4.78 is 5.30. The third kappa shape index (κ3) is 2.82. The highest BCUT2D eigenvalue weighted by Gasteiger charge is 2.24. The quantitative estimate of drug-likeness (QED) is 0.833. The molecule has 3 nitrogen and oxygen atoms in total. The third-order valence-corrected chi connectivity index (χ3v) is 2.94. The second kappa shape index (κ2) is 5.64. The Morgan fingerprint density at radius 3 is 2.88 bits per heavy atom. The smallest absolute Gasteiger partial charge is 0.101 e. The van der Waals surface area contributed by atoms with E-state index in [2.05, 4.69) is 23.5 Å². The molecular formula is C13H16N2O. The van der Waals surface area contributed by atoms with Crippen molar-refractivity contribution in [3.63, 3.8) is 0 Å². The van der Waals surface area contributed by atoms with Gasteiger partial charge in [-0.05, 0) is 12.0 Å². The molecule has 0 saturated carbocycles. The Morgan fingerprint density at radius 1 is 1.44 bits per heavy atom. The maximum Gasteiger partial charge on any atom is 0.101 e. The number of ether oxygens (including phenoxy) is 1. The highest BCUT2D eigenvalue weighted by atomic mass is 16.5. The van der Waals surface area contributed by atoms with Crippen molar-refractivity contribution in [3.05, 3.63) is 35.9 Å². The summed E-state index contributed by atoms with van der Waals surface area (Å²) in [5, 5.41) is 12.4. The van der Waals surface area contributed by atoms with E-state index in [1.165, 1.54) is 5.56 Å². The minimum atomic E-state index is -0.0947. The van der Waals surface area contributed by atoms with Gasteiger partial charge < -0.3 is 4.74 Å². The highest BCUT2D eigenvalue weighted by molar-refractivity contribution is 5.15. The standard InChI is InChI=1S/C13H16N2O/c14-8-13(12-6-7-16-10-12)15-9-11-4-2-1-3-5-11/h1-5,12-13,15H,6-7,9-10H2. The summed E-state index contributed by atoms with van der Waals surface area (Å²) >= 11 is 0. The Kier molecular flexibility index (Phi) is 3.92. The maximum atomic E-state index is 9.10. The summed E-state index contributed by atoms with van der Waals surface area (Å²) in [5.74, 6) is 0.341. The van der Waals surface area contributed by atoms with Crippen molar-refractivity contribution in [2.24, 2.45) is 5.92 Å². The molecule has 0 aromatic heterocycles. The van der Waals surface area contributed by atoms with E-state index < -0.39 is 0 Å². The predicted octanol–water partition coefficient (Wildman–Crippen LogP) is 1.70. The molecule has 1 heterocycles. The van der Waals surface area contributed by atoms with Gasteiger partial charge in [0, 0.05) is 19.1 Å². The Balaban J connectivity index is 1.86. The molecule has 1 aromatic rings. The first-order valence-corrected chi connectivity index (χ1v) is 5.65. The lowest BCUT2D eigenvalue weighted by atomic mass is 10.00. The number of nitrogens with one attached hydrogen (secondary N) is 1. The number of benzene rings is 1. The van der Waals surface area contributed by atoms with Gasteiger partial charge in [0.15, 0.2) is 0 Å². The number of nitrogens with zero attached hydrogens (tertiary/aromatic N) is 1. The molecule has 2 atom stereocenters. The van der Waals surface area contributed by atoms with Gasteiger partial charge in [-0.1, -0.05) is 30.3 Å². The van der Waals surface area contributed by atoms with Crippen LogP contribution in [0.5, 0.6) is 0 Å². The van der Waals surface area contributed by atoms with E-state index in [9.17, 15) is 0 Å². The zero-order valence-electron chi connectivity index (χ0n) is 9.23. The van der Waals surface area contributed by atoms with Crippen molar-refractivity contribution >= 4 is 0 Å². The van der Waals surface area contributed by atoms with Crippen LogP contribution in [0.1, 0.15) is 12.0 Å². The number of nitriles is 1. The van der Waals surface area contributed by atoms with Gasteiger partial charge in [0.1, 0.15) is 6.04 Å². The molecule has 1 aliphatic heterocycles. The normalized spacial score (nSPS) is 21.6. The summed E-state index contributed by atoms with van der Waals surface area (Å²) in [7, 11) is 0. The van der Waals surface area contributed by atoms with Crippen LogP contribution in [-0.4, -0.2) is 19.3 Å². The fraction of sp³-hybridized carbons (Fsp3) is 0.462. The molecule has 0 bridgehead atoms. The van der Waals surface area contributed by atoms with Crippen LogP contribution in [-0.2, 0) is 11.3 Å². The SMILES string of the molecule is N#CC(NCc1ccccc1)C1CCOC1. The molecule has 0 spiro atoms. The summed E-state index contributed by atoms with van der Waals surface area (Å²) in [4.78, 5) is 0. The lowest BCUT2D eigenvalue weighted by Gasteiger charge is -2.16. The summed E-state index contributed by atoms with van der Waals surface area (Å²) in [5.41, 5.74) is 1.21. The van der Waals surface area contributed by atoms with Gasteiger partial charge in [-0.2, -0.15) is 5.26 Å². The van der Waals surface area contributed by atoms with Crippen LogP contribution in [0, 0.1) is 17.2 Å². The average molecular weight is 216 g/mol. The van der Waals surface area contributed by atoms with Gasteiger partial charge in [-0.3, -0.25) is 5.32 Å². The van der Waals surface area contributed by atoms with E-state index in [-0.39, 0.29) is 6.04 Å². The van der Waals surface area contributed by atoms with Crippen LogP contribution in [0.3, 0.4) is 0 Å². The fourth-order valence-corrected chi connectivity index (χ4v) is 1.96. The lowest BCUT2D eigenvalue weighted by molar-refractivity contribution is 0.181. The van der Waals surface area contributed by atoms with E-state index in [1.807, 2.05) is 18.2 Å². The minimum absolute atomic E-state index is 0.0947. The Bertz CT molecular complexity index is 352. The average Bonchev–Trinajstić information content (AvgIpc) is 2.85. The van der Waals surface area contributed by atoms with Gasteiger partial charge in [0.25, 0.3) is 0 Å². The van der Waals surface area contributed by atoms with E-state index in [0.29, 0.717) is 12.5 Å². The predicted molar refractivity (Wildman–Crippen MR) is 61.6 cm³/mol. The molecule has 1 aromatic carbocycles. The van der Waals surface area contributed by atoms with Crippen LogP contribution in [0.2, 0.25) is 0 Å². The second-order valence-electron chi connectivity index (χ2n) is 4.10. The molecule has 1 N–H and O–H groups in total. The molecule has 0 amide bonds. The largest absolute Gasteiger partial charge is 0.381 e. The molecule has 1 fully saturated rings. The molecular weight excluding hydrogens is 200 g/mol. The number of rotatable bonds is 4. The van der Waals surface area contributed by atoms with Crippen LogP contribution >= 0.6 is 0 Å². The van der Waals surface area contributed by atoms with Crippen LogP contribution in [0.25, 0.3) is 0 Å². The summed E-state index contributed by atoms with van der Waals surface area (Å²) in [6, 6.07) is 12.4. The highest BCUT2D eigenvalue weighted by Crippen LogP contribution is 2.16. The van der Waals surface area contributed by atoms with Crippen molar-refractivity contribution in [3.8, 4) is 6.07 Å². The van der Waals surface area contributed by atoms with E-state index in [4.69, 9.17) is 10.00 Å². The van der Waals surface area contributed by atoms with Gasteiger partial charge >= 0.3 is 0 Å². The second-order valence-corrected chi connectivity index (χ2v) is 4.10. The first-order chi connectivity index (χ1) is 7.90. The van der Waals surface area contributed by atoms with Crippen LogP contribution in [0.4, 0.5) is 0 Å². The fourth-order valence-electron chi connectivity index (χ4n) is 1.96. The third-order valence-electron chi connectivity index (χ3n) is 2.94. The van der Waals surface area contributed by atoms with Gasteiger partial charge in [0.05, 0.1) is 12.7 Å². The molecule has 1 aliphatic rings. The molecule has 3 heteroatoms. The van der Waals surface area contributed by atoms with Gasteiger partial charge in [0.2, 0.25) is 0 Å². The molecule has 2 unspecified atom stereocenters. The molecule has 2 rings (SSSR count). The Morgan fingerprint density at radius 2 is 2.25 bits per heavy atom. The Labute approximate surface area is 96.0 Å². The Hall–Kier alpha value is -1.37. The van der Waals surface area contributed by atoms with Crippen molar-refractivity contribution in [1.82, 2.24) is 5.32 Å². The zero-order valence-corrected chi connectivity index (χ0v) is 9.23. The number of hydrogen-bond acceptors (Lipinski definition) is 3. The molecule has 1 saturated heterocycles. The van der Waals surface area contributed by atoms with Gasteiger partial charge in [-0.15, -0.1) is 0 Å². The molecule has 0 radical (unpaired) electrons. The molecule has 84 valence electrons. The van der Waals surface area contributed by atoms with E-state index in [1.54, 1.807) is 0 Å². The lowest BCUT2D eigenvalue weighted by Crippen LogP contribution is -2.34. The number of hydrogen-bond donors (Lipinski definition) is 1. The summed E-state index contributed by atoms with van der Waals surface area (Å²) in [6.07, 6.45) is 0.986. The maximum absolute atomic E-state index is 9.10. The van der Waals surface area contributed by atoms with Crippen molar-refractivity contribution in [1.29, 1.82) is 5.26 Å². The molecule has 0 aliphatic carbocycles. The monoisotopic (exact) mass is 216 g/mol. The van der Waals surface area contributed by atoms with Gasteiger partial charge in [-0.25, -0.2) is 0 Å². The van der Waals surface area contributed by atoms with Crippen LogP contribution in [0.15, 0.2) is 30.3 Å². The zero-order chi connectivity index (χ0) is 11.2. The van der Waals surface area contributed by atoms with Crippen LogP contribution < -0.4 is 5.32 Å². The topological polar surface area (TPSA) is 45.0 Å². The summed E-state index contributed by atoms with van der Waals surface area (Å²) in [6.45, 7) is 2.24. The first-order valence-electron chi connectivity index (χ1n) is 5.65. The first kappa shape index (κ1) is 11.1. The van der Waals surface area contributed by atoms with E-state index >= 15 is 0 Å². The van der Waals surface area contributed by atoms with Crippen molar-refractivity contribution < 1.29 is 4.74 Å². The van der Waals surface area contributed by atoms with E-state index in [0.717, 1.165) is 19.6 Å². The minimum Gasteiger partial charge on any atom is -0.381 e. The van der Waals surface area contributed by atoms with Crippen molar-refractivity contribution in [2.45, 2.75) is 19.0 Å². The van der Waals surface area contributed by atoms with Crippen molar-refractivity contribution in [2.75, 3.05) is 13.2 Å². The molecule has 16 heavy (non-hydrogen) atoms.